The van der Waals surface area contributed by atoms with Gasteiger partial charge in [-0.3, -0.25) is 0 Å². The highest BCUT2D eigenvalue weighted by molar-refractivity contribution is 14.0. The van der Waals surface area contributed by atoms with Gasteiger partial charge in [0.2, 0.25) is 0 Å². The Kier molecular flexibility index (Phi) is 5.99. The minimum absolute atomic E-state index is 0. The maximum atomic E-state index is 5.93. The number of hydrogen-bond acceptors (Lipinski definition) is 3. The van der Waals surface area contributed by atoms with Crippen molar-refractivity contribution in [2.24, 2.45) is 4.99 Å². The third-order valence-corrected chi connectivity index (χ3v) is 5.75. The first-order valence-corrected chi connectivity index (χ1v) is 9.37. The van der Waals surface area contributed by atoms with Crippen LogP contribution in [0.15, 0.2) is 34.6 Å². The lowest BCUT2D eigenvalue weighted by Gasteiger charge is -2.22. The summed E-state index contributed by atoms with van der Waals surface area (Å²) in [6, 6.07) is 8.94. The molecule has 2 N–H and O–H groups in total. The summed E-state index contributed by atoms with van der Waals surface area (Å²) in [7, 11) is 0. The second-order valence-corrected chi connectivity index (χ2v) is 7.22. The number of ether oxygens (including phenoxy) is 1. The number of nitrogens with zero attached hydrogens (tertiary/aromatic N) is 1. The van der Waals surface area contributed by atoms with Crippen molar-refractivity contribution in [2.45, 2.75) is 51.0 Å². The molecule has 4 rings (SSSR count). The summed E-state index contributed by atoms with van der Waals surface area (Å²) in [4.78, 5) is 4.80. The van der Waals surface area contributed by atoms with Crippen molar-refractivity contribution in [1.29, 1.82) is 0 Å². The Labute approximate surface area is 164 Å². The van der Waals surface area contributed by atoms with Gasteiger partial charge in [-0.05, 0) is 48.6 Å². The fourth-order valence-corrected chi connectivity index (χ4v) is 4.56. The van der Waals surface area contributed by atoms with Gasteiger partial charge < -0.3 is 15.4 Å². The Morgan fingerprint density at radius 3 is 2.96 bits per heavy atom. The van der Waals surface area contributed by atoms with Gasteiger partial charge in [-0.25, -0.2) is 4.99 Å². The summed E-state index contributed by atoms with van der Waals surface area (Å²) >= 11 is 1.79. The summed E-state index contributed by atoms with van der Waals surface area (Å²) in [5.74, 6) is 0.906. The predicted molar refractivity (Wildman–Crippen MR) is 111 cm³/mol. The minimum atomic E-state index is 0. The highest BCUT2D eigenvalue weighted by Gasteiger charge is 2.41. The van der Waals surface area contributed by atoms with Crippen molar-refractivity contribution >= 4 is 51.4 Å². The Bertz CT molecular complexity index is 717. The lowest BCUT2D eigenvalue weighted by Crippen LogP contribution is -2.47. The molecule has 1 aromatic carbocycles. The zero-order chi connectivity index (χ0) is 15.6. The lowest BCUT2D eigenvalue weighted by atomic mass is 9.96. The van der Waals surface area contributed by atoms with Crippen LogP contribution in [-0.2, 0) is 11.3 Å². The smallest absolute Gasteiger partial charge is 0.191 e. The molecule has 2 fully saturated rings. The third-order valence-electron chi connectivity index (χ3n) is 4.74. The van der Waals surface area contributed by atoms with Gasteiger partial charge in [0.25, 0.3) is 0 Å². The first kappa shape index (κ1) is 17.9. The zero-order valence-electron chi connectivity index (χ0n) is 13.8. The SMILES string of the molecule is CCNC(=NCc1csc2ccccc12)NC1CC2CCC1O2.I. The van der Waals surface area contributed by atoms with E-state index in [4.69, 9.17) is 9.73 Å². The van der Waals surface area contributed by atoms with Crippen LogP contribution < -0.4 is 10.6 Å². The molecule has 3 heterocycles. The van der Waals surface area contributed by atoms with Gasteiger partial charge in [0.1, 0.15) is 0 Å². The number of guanidine groups is 1. The highest BCUT2D eigenvalue weighted by atomic mass is 127. The summed E-state index contributed by atoms with van der Waals surface area (Å²) in [6.07, 6.45) is 4.33. The van der Waals surface area contributed by atoms with Gasteiger partial charge in [-0.1, -0.05) is 18.2 Å². The fourth-order valence-electron chi connectivity index (χ4n) is 3.60. The summed E-state index contributed by atoms with van der Waals surface area (Å²) in [6.45, 7) is 3.69. The molecule has 2 aliphatic heterocycles. The van der Waals surface area contributed by atoms with Gasteiger partial charge in [0.05, 0.1) is 24.8 Å². The topological polar surface area (TPSA) is 45.7 Å². The lowest BCUT2D eigenvalue weighted by molar-refractivity contribution is 0.0992. The van der Waals surface area contributed by atoms with Crippen LogP contribution in [0.25, 0.3) is 10.1 Å². The van der Waals surface area contributed by atoms with Gasteiger partial charge in [0.15, 0.2) is 5.96 Å². The molecule has 0 aliphatic carbocycles. The number of halogens is 1. The van der Waals surface area contributed by atoms with E-state index in [9.17, 15) is 0 Å². The van der Waals surface area contributed by atoms with Crippen LogP contribution in [0.5, 0.6) is 0 Å². The molecule has 6 heteroatoms. The van der Waals surface area contributed by atoms with Crippen molar-refractivity contribution in [3.63, 3.8) is 0 Å². The van der Waals surface area contributed by atoms with Gasteiger partial charge in [-0.15, -0.1) is 35.3 Å². The second kappa shape index (κ2) is 8.01. The van der Waals surface area contributed by atoms with Crippen molar-refractivity contribution in [3.05, 3.63) is 35.2 Å². The van der Waals surface area contributed by atoms with Crippen LogP contribution in [0.1, 0.15) is 31.7 Å². The van der Waals surface area contributed by atoms with Crippen LogP contribution >= 0.6 is 35.3 Å². The van der Waals surface area contributed by atoms with E-state index in [1.165, 1.54) is 28.5 Å². The highest BCUT2D eigenvalue weighted by Crippen LogP contribution is 2.34. The van der Waals surface area contributed by atoms with Crippen LogP contribution in [-0.4, -0.2) is 30.8 Å². The van der Waals surface area contributed by atoms with E-state index in [0.717, 1.165) is 18.9 Å². The van der Waals surface area contributed by atoms with Crippen molar-refractivity contribution in [1.82, 2.24) is 10.6 Å². The maximum Gasteiger partial charge on any atom is 0.191 e. The minimum Gasteiger partial charge on any atom is -0.373 e. The van der Waals surface area contributed by atoms with Crippen LogP contribution in [0, 0.1) is 0 Å². The van der Waals surface area contributed by atoms with E-state index in [1.54, 1.807) is 11.3 Å². The van der Waals surface area contributed by atoms with E-state index < -0.39 is 0 Å². The van der Waals surface area contributed by atoms with Crippen LogP contribution in [0.3, 0.4) is 0 Å². The molecule has 0 radical (unpaired) electrons. The number of benzene rings is 1. The number of aliphatic imine (C=N–C) groups is 1. The molecule has 24 heavy (non-hydrogen) atoms. The first-order valence-electron chi connectivity index (χ1n) is 8.49. The summed E-state index contributed by atoms with van der Waals surface area (Å²) < 4.78 is 7.26. The zero-order valence-corrected chi connectivity index (χ0v) is 17.0. The molecule has 2 saturated heterocycles. The Balaban J connectivity index is 0.00000169. The molecular formula is C18H24IN3OS. The number of thiophene rings is 1. The Morgan fingerprint density at radius 2 is 2.21 bits per heavy atom. The van der Waals surface area contributed by atoms with Gasteiger partial charge >= 0.3 is 0 Å². The molecule has 4 nitrogen and oxygen atoms in total. The Hall–Kier alpha value is -0.860. The maximum absolute atomic E-state index is 5.93. The molecule has 1 aromatic heterocycles. The van der Waals surface area contributed by atoms with E-state index >= 15 is 0 Å². The molecular weight excluding hydrogens is 433 g/mol. The Morgan fingerprint density at radius 1 is 1.33 bits per heavy atom. The molecule has 0 spiro atoms. The monoisotopic (exact) mass is 457 g/mol. The van der Waals surface area contributed by atoms with E-state index in [0.29, 0.717) is 24.8 Å². The summed E-state index contributed by atoms with van der Waals surface area (Å²) in [5.41, 5.74) is 1.30. The average molecular weight is 457 g/mol. The molecule has 130 valence electrons. The number of rotatable bonds is 4. The van der Waals surface area contributed by atoms with Gasteiger partial charge in [-0.2, -0.15) is 0 Å². The first-order chi connectivity index (χ1) is 11.3. The molecule has 0 saturated carbocycles. The van der Waals surface area contributed by atoms with Crippen molar-refractivity contribution < 1.29 is 4.74 Å². The quantitative estimate of drug-likeness (QED) is 0.416. The molecule has 2 aromatic rings. The third kappa shape index (κ3) is 3.70. The van der Waals surface area contributed by atoms with Crippen LogP contribution in [0.4, 0.5) is 0 Å². The van der Waals surface area contributed by atoms with Crippen molar-refractivity contribution in [3.8, 4) is 0 Å². The molecule has 3 unspecified atom stereocenters. The number of hydrogen-bond donors (Lipinski definition) is 2. The molecule has 0 amide bonds. The van der Waals surface area contributed by atoms with E-state index in [-0.39, 0.29) is 24.0 Å². The summed E-state index contributed by atoms with van der Waals surface area (Å²) in [5, 5.41) is 10.5. The largest absolute Gasteiger partial charge is 0.373 e. The average Bonchev–Trinajstić information content (AvgIpc) is 3.28. The van der Waals surface area contributed by atoms with E-state index in [1.807, 2.05) is 0 Å². The normalized spacial score (nSPS) is 25.7. The standard InChI is InChI=1S/C18H23N3OS.HI/c1-2-19-18(21-15-9-13-7-8-16(15)22-13)20-10-12-11-23-17-6-4-3-5-14(12)17;/h3-6,11,13,15-16H,2,7-10H2,1H3,(H2,19,20,21);1H. The van der Waals surface area contributed by atoms with Crippen molar-refractivity contribution in [2.75, 3.05) is 6.54 Å². The molecule has 2 bridgehead atoms. The van der Waals surface area contributed by atoms with Gasteiger partial charge in [0, 0.05) is 11.2 Å². The predicted octanol–water partition coefficient (Wildman–Crippen LogP) is 3.89. The van der Waals surface area contributed by atoms with Crippen LogP contribution in [0.2, 0.25) is 0 Å². The number of fused-ring (bicyclic) bond motifs is 3. The second-order valence-electron chi connectivity index (χ2n) is 6.31. The fraction of sp³-hybridized carbons (Fsp3) is 0.500. The molecule has 3 atom stereocenters. The number of nitrogens with one attached hydrogen (secondary N) is 2. The van der Waals surface area contributed by atoms with E-state index in [2.05, 4.69) is 47.2 Å². The molecule has 2 aliphatic rings.